The van der Waals surface area contributed by atoms with E-state index >= 15 is 0 Å². The fourth-order valence-electron chi connectivity index (χ4n) is 5.20. The van der Waals surface area contributed by atoms with Gasteiger partial charge in [0.2, 0.25) is 5.91 Å². The Balaban J connectivity index is 1.33. The quantitative estimate of drug-likeness (QED) is 0.165. The highest BCUT2D eigenvalue weighted by Gasteiger charge is 2.30. The molecular weight excluding hydrogens is 516 g/mol. The molecule has 4 rings (SSSR count). The van der Waals surface area contributed by atoms with Crippen molar-refractivity contribution in [3.63, 3.8) is 0 Å². The van der Waals surface area contributed by atoms with E-state index in [1.807, 2.05) is 66.7 Å². The van der Waals surface area contributed by atoms with Crippen molar-refractivity contribution >= 4 is 18.0 Å². The van der Waals surface area contributed by atoms with Gasteiger partial charge in [-0.25, -0.2) is 9.59 Å². The van der Waals surface area contributed by atoms with Crippen molar-refractivity contribution in [2.24, 2.45) is 0 Å². The molecule has 0 aromatic heterocycles. The van der Waals surface area contributed by atoms with Crippen LogP contribution in [0.1, 0.15) is 74.5 Å². The Hall–Kier alpha value is -4.13. The molecule has 0 fully saturated rings. The molecule has 0 saturated carbocycles. The van der Waals surface area contributed by atoms with Crippen LogP contribution in [0, 0.1) is 0 Å². The average Bonchev–Trinajstić information content (AvgIpc) is 3.32. The van der Waals surface area contributed by atoms with Crippen LogP contribution in [0.5, 0.6) is 0 Å². The summed E-state index contributed by atoms with van der Waals surface area (Å²) >= 11 is 0. The number of hydrogen-bond donors (Lipinski definition) is 2. The van der Waals surface area contributed by atoms with Crippen molar-refractivity contribution in [3.8, 4) is 11.1 Å². The summed E-state index contributed by atoms with van der Waals surface area (Å²) in [6.07, 6.45) is 5.67. The molecule has 1 atom stereocenters. The van der Waals surface area contributed by atoms with Crippen LogP contribution in [0.3, 0.4) is 0 Å². The Labute approximate surface area is 242 Å². The van der Waals surface area contributed by atoms with E-state index in [-0.39, 0.29) is 31.5 Å². The first-order valence-corrected chi connectivity index (χ1v) is 14.7. The van der Waals surface area contributed by atoms with Gasteiger partial charge in [0.15, 0.2) is 0 Å². The smallest absolute Gasteiger partial charge is 0.407 e. The van der Waals surface area contributed by atoms with Gasteiger partial charge in [0.1, 0.15) is 19.3 Å². The van der Waals surface area contributed by atoms with Gasteiger partial charge >= 0.3 is 12.1 Å². The molecule has 3 aromatic rings. The molecule has 2 N–H and O–H groups in total. The Bertz CT molecular complexity index is 1250. The molecule has 0 unspecified atom stereocenters. The maximum Gasteiger partial charge on any atom is 0.407 e. The predicted molar refractivity (Wildman–Crippen MR) is 159 cm³/mol. The molecule has 0 spiro atoms. The molecule has 216 valence electrons. The van der Waals surface area contributed by atoms with Crippen LogP contribution in [-0.2, 0) is 25.7 Å². The molecule has 0 bridgehead atoms. The Kier molecular flexibility index (Phi) is 11.4. The summed E-state index contributed by atoms with van der Waals surface area (Å²) in [5.41, 5.74) is 5.25. The van der Waals surface area contributed by atoms with Gasteiger partial charge in [-0.2, -0.15) is 0 Å². The Morgan fingerprint density at radius 1 is 0.756 bits per heavy atom. The van der Waals surface area contributed by atoms with Gasteiger partial charge in [-0.05, 0) is 34.2 Å². The van der Waals surface area contributed by atoms with Gasteiger partial charge < -0.3 is 20.1 Å². The van der Waals surface area contributed by atoms with Crippen LogP contribution in [0.4, 0.5) is 4.79 Å². The van der Waals surface area contributed by atoms with Crippen LogP contribution in [0.2, 0.25) is 0 Å². The molecule has 3 aromatic carbocycles. The van der Waals surface area contributed by atoms with Gasteiger partial charge in [0, 0.05) is 12.5 Å². The third kappa shape index (κ3) is 8.68. The largest absolute Gasteiger partial charge is 0.459 e. The fourth-order valence-corrected chi connectivity index (χ4v) is 5.20. The van der Waals surface area contributed by atoms with Crippen LogP contribution in [0.25, 0.3) is 11.1 Å². The molecule has 1 aliphatic rings. The van der Waals surface area contributed by atoms with E-state index in [1.54, 1.807) is 0 Å². The van der Waals surface area contributed by atoms with Crippen LogP contribution < -0.4 is 10.6 Å². The van der Waals surface area contributed by atoms with Gasteiger partial charge in [0.05, 0.1) is 6.42 Å². The zero-order valence-corrected chi connectivity index (χ0v) is 23.8. The molecule has 0 heterocycles. The Morgan fingerprint density at radius 3 is 2.05 bits per heavy atom. The molecular formula is C34H40N2O5. The zero-order valence-electron chi connectivity index (χ0n) is 23.8. The van der Waals surface area contributed by atoms with Gasteiger partial charge in [0.25, 0.3) is 0 Å². The Morgan fingerprint density at radius 2 is 1.37 bits per heavy atom. The van der Waals surface area contributed by atoms with E-state index in [4.69, 9.17) is 9.47 Å². The standard InChI is InChI=1S/C34H40N2O5/c1-2-3-4-5-6-14-21-35-32(37)22-31(33(38)40-23-25-15-8-7-9-16-25)36-34(39)41-24-30-28-19-12-10-17-26(28)27-18-11-13-20-29(27)30/h7-13,15-20,30-31H,2-6,14,21-24H2,1H3,(H,35,37)(H,36,39)/t31-/m0/s1. The minimum atomic E-state index is -1.17. The topological polar surface area (TPSA) is 93.7 Å². The number of carbonyl (C=O) groups excluding carboxylic acids is 3. The molecule has 1 aliphatic carbocycles. The zero-order chi connectivity index (χ0) is 28.9. The summed E-state index contributed by atoms with van der Waals surface area (Å²) in [5.74, 6) is -1.12. The fraction of sp³-hybridized carbons (Fsp3) is 0.382. The van der Waals surface area contributed by atoms with Crippen LogP contribution in [-0.4, -0.2) is 37.2 Å². The maximum atomic E-state index is 13.0. The summed E-state index contributed by atoms with van der Waals surface area (Å²) in [7, 11) is 0. The summed E-state index contributed by atoms with van der Waals surface area (Å²) in [5, 5.41) is 5.45. The number of hydrogen-bond acceptors (Lipinski definition) is 5. The summed E-state index contributed by atoms with van der Waals surface area (Å²) < 4.78 is 11.1. The number of fused-ring (bicyclic) bond motifs is 3. The number of amides is 2. The number of ether oxygens (including phenoxy) is 2. The third-order valence-electron chi connectivity index (χ3n) is 7.39. The lowest BCUT2D eigenvalue weighted by Crippen LogP contribution is -2.45. The lowest BCUT2D eigenvalue weighted by molar-refractivity contribution is -0.148. The van der Waals surface area contributed by atoms with Crippen molar-refractivity contribution < 1.29 is 23.9 Å². The monoisotopic (exact) mass is 556 g/mol. The van der Waals surface area contributed by atoms with E-state index in [9.17, 15) is 14.4 Å². The van der Waals surface area contributed by atoms with Crippen molar-refractivity contribution in [1.82, 2.24) is 10.6 Å². The number of benzene rings is 3. The highest BCUT2D eigenvalue weighted by atomic mass is 16.6. The van der Waals surface area contributed by atoms with E-state index < -0.39 is 18.1 Å². The lowest BCUT2D eigenvalue weighted by Gasteiger charge is -2.19. The molecule has 7 nitrogen and oxygen atoms in total. The second-order valence-electron chi connectivity index (χ2n) is 10.4. The normalized spacial score (nSPS) is 12.6. The molecule has 0 aliphatic heterocycles. The predicted octanol–water partition coefficient (Wildman–Crippen LogP) is 6.50. The number of unbranched alkanes of at least 4 members (excludes halogenated alkanes) is 5. The van der Waals surface area contributed by atoms with Gasteiger partial charge in [-0.15, -0.1) is 0 Å². The van der Waals surface area contributed by atoms with Crippen LogP contribution in [0.15, 0.2) is 78.9 Å². The number of carbonyl (C=O) groups is 3. The highest BCUT2D eigenvalue weighted by molar-refractivity contribution is 5.88. The van der Waals surface area contributed by atoms with E-state index in [1.165, 1.54) is 19.3 Å². The third-order valence-corrected chi connectivity index (χ3v) is 7.39. The SMILES string of the molecule is CCCCCCCCNC(=O)C[C@H](NC(=O)OCC1c2ccccc2-c2ccccc21)C(=O)OCc1ccccc1. The van der Waals surface area contributed by atoms with Crippen LogP contribution >= 0.6 is 0 Å². The minimum absolute atomic E-state index is 0.0436. The molecule has 0 radical (unpaired) electrons. The average molecular weight is 557 g/mol. The molecule has 41 heavy (non-hydrogen) atoms. The summed E-state index contributed by atoms with van der Waals surface area (Å²) in [6.45, 7) is 2.86. The summed E-state index contributed by atoms with van der Waals surface area (Å²) in [4.78, 5) is 38.6. The van der Waals surface area contributed by atoms with Crippen molar-refractivity contribution in [2.45, 2.75) is 70.4 Å². The van der Waals surface area contributed by atoms with Crippen molar-refractivity contribution in [3.05, 3.63) is 95.6 Å². The molecule has 0 saturated heterocycles. The number of alkyl carbamates (subject to hydrolysis) is 1. The number of rotatable bonds is 15. The first kappa shape index (κ1) is 29.8. The first-order chi connectivity index (χ1) is 20.1. The van der Waals surface area contributed by atoms with Crippen molar-refractivity contribution in [1.29, 1.82) is 0 Å². The molecule has 7 heteroatoms. The van der Waals surface area contributed by atoms with Crippen molar-refractivity contribution in [2.75, 3.05) is 13.2 Å². The van der Waals surface area contributed by atoms with E-state index in [0.717, 1.165) is 47.1 Å². The number of nitrogens with one attached hydrogen (secondary N) is 2. The minimum Gasteiger partial charge on any atom is -0.459 e. The van der Waals surface area contributed by atoms with E-state index in [0.29, 0.717) is 6.54 Å². The lowest BCUT2D eigenvalue weighted by atomic mass is 9.98. The van der Waals surface area contributed by atoms with E-state index in [2.05, 4.69) is 29.7 Å². The molecule has 2 amide bonds. The van der Waals surface area contributed by atoms with Gasteiger partial charge in [-0.1, -0.05) is 118 Å². The second kappa shape index (κ2) is 15.6. The van der Waals surface area contributed by atoms with Gasteiger partial charge in [-0.3, -0.25) is 4.79 Å². The first-order valence-electron chi connectivity index (χ1n) is 14.7. The second-order valence-corrected chi connectivity index (χ2v) is 10.4. The summed E-state index contributed by atoms with van der Waals surface area (Å²) in [6, 6.07) is 24.2. The highest BCUT2D eigenvalue weighted by Crippen LogP contribution is 2.44. The number of esters is 1. The maximum absolute atomic E-state index is 13.0.